The Kier molecular flexibility index (Phi) is 15.3. The number of anilines is 2. The van der Waals surface area contributed by atoms with Gasteiger partial charge in [-0.2, -0.15) is 0 Å². The summed E-state index contributed by atoms with van der Waals surface area (Å²) in [5.74, 6) is 0. The van der Waals surface area contributed by atoms with E-state index in [0.717, 1.165) is 38.4 Å². The molecule has 0 aliphatic heterocycles. The zero-order valence-corrected chi connectivity index (χ0v) is 24.3. The van der Waals surface area contributed by atoms with Crippen LogP contribution in [0.3, 0.4) is 0 Å². The molecule has 2 N–H and O–H groups in total. The van der Waals surface area contributed by atoms with Crippen molar-refractivity contribution < 1.29 is 41.9 Å². The molecule has 192 valence electrons. The summed E-state index contributed by atoms with van der Waals surface area (Å²) < 4.78 is 0. The summed E-state index contributed by atoms with van der Waals surface area (Å²) in [5.41, 5.74) is 11.5. The van der Waals surface area contributed by atoms with Crippen molar-refractivity contribution in [2.75, 3.05) is 36.8 Å². The number of nitrogens with one attached hydrogen (secondary N) is 2. The van der Waals surface area contributed by atoms with Crippen LogP contribution in [0.5, 0.6) is 0 Å². The van der Waals surface area contributed by atoms with E-state index in [1.165, 1.54) is 44.8 Å². The van der Waals surface area contributed by atoms with Crippen molar-refractivity contribution in [3.8, 4) is 0 Å². The molecule has 0 amide bonds. The number of benzene rings is 2. The van der Waals surface area contributed by atoms with Crippen LogP contribution < -0.4 is 35.4 Å². The maximum absolute atomic E-state index is 4.54. The van der Waals surface area contributed by atoms with Gasteiger partial charge < -0.3 is 35.4 Å². The predicted octanol–water partition coefficient (Wildman–Crippen LogP) is -0.0362. The zero-order chi connectivity index (χ0) is 23.1. The fourth-order valence-electron chi connectivity index (χ4n) is 4.59. The molecule has 0 aliphatic carbocycles. The van der Waals surface area contributed by atoms with E-state index in [1.54, 1.807) is 0 Å². The van der Waals surface area contributed by atoms with Gasteiger partial charge in [0.1, 0.15) is 0 Å². The zero-order valence-electron chi connectivity index (χ0n) is 21.7. The average molecular weight is 557 g/mol. The Morgan fingerprint density at radius 2 is 1.11 bits per heavy atom. The van der Waals surface area contributed by atoms with Crippen LogP contribution in [0.4, 0.5) is 11.4 Å². The summed E-state index contributed by atoms with van der Waals surface area (Å²) in [6.07, 6.45) is 1.88. The van der Waals surface area contributed by atoms with E-state index in [2.05, 4.69) is 98.5 Å². The number of nitrogens with zero attached hydrogens (tertiary/aromatic N) is 2. The van der Waals surface area contributed by atoms with Gasteiger partial charge in [0.25, 0.3) is 0 Å². The van der Waals surface area contributed by atoms with Crippen molar-refractivity contribution >= 4 is 11.4 Å². The van der Waals surface area contributed by atoms with E-state index in [9.17, 15) is 0 Å². The first-order valence-corrected chi connectivity index (χ1v) is 11.6. The first-order chi connectivity index (χ1) is 15.3. The fourth-order valence-corrected chi connectivity index (χ4v) is 4.59. The van der Waals surface area contributed by atoms with Gasteiger partial charge in [-0.3, -0.25) is 9.88 Å². The molecule has 1 aromatic heterocycles. The van der Waals surface area contributed by atoms with E-state index < -0.39 is 0 Å². The van der Waals surface area contributed by atoms with E-state index in [-0.39, 0.29) is 41.9 Å². The second-order valence-electron chi connectivity index (χ2n) is 9.00. The molecule has 3 rings (SSSR count). The van der Waals surface area contributed by atoms with Crippen LogP contribution in [0.1, 0.15) is 39.1 Å². The summed E-state index contributed by atoms with van der Waals surface area (Å²) in [6, 6.07) is 15.1. The minimum Gasteiger partial charge on any atom is -1.00 e. The third kappa shape index (κ3) is 10.0. The van der Waals surface area contributed by atoms with Crippen LogP contribution in [-0.2, 0) is 23.6 Å². The molecule has 0 atom stereocenters. The molecule has 0 fully saturated rings. The van der Waals surface area contributed by atoms with Crippen LogP contribution in [0.2, 0.25) is 0 Å². The summed E-state index contributed by atoms with van der Waals surface area (Å²) in [5, 5.41) is 7.35. The van der Waals surface area contributed by atoms with Crippen LogP contribution in [-0.4, -0.2) is 36.1 Å². The minimum atomic E-state index is 0. The second kappa shape index (κ2) is 16.1. The molecule has 0 radical (unpaired) electrons. The summed E-state index contributed by atoms with van der Waals surface area (Å²) in [7, 11) is 0. The Labute approximate surface area is 235 Å². The number of rotatable bonds is 10. The quantitative estimate of drug-likeness (QED) is 0.344. The molecule has 7 heteroatoms. The number of halogens is 2. The topological polar surface area (TPSA) is 40.2 Å². The van der Waals surface area contributed by atoms with Crippen LogP contribution in [0, 0.1) is 41.5 Å². The van der Waals surface area contributed by atoms with E-state index >= 15 is 0 Å². The number of hydrogen-bond acceptors (Lipinski definition) is 4. The van der Waals surface area contributed by atoms with Gasteiger partial charge in [-0.05, 0) is 75.9 Å². The molecule has 35 heavy (non-hydrogen) atoms. The summed E-state index contributed by atoms with van der Waals surface area (Å²) >= 11 is 0. The van der Waals surface area contributed by atoms with Crippen molar-refractivity contribution in [3.05, 3.63) is 87.7 Å². The summed E-state index contributed by atoms with van der Waals surface area (Å²) in [4.78, 5) is 7.02. The first kappa shape index (κ1) is 33.2. The first-order valence-electron chi connectivity index (χ1n) is 11.6. The Hall–Kier alpha value is -1.75. The van der Waals surface area contributed by atoms with E-state index in [1.807, 2.05) is 12.3 Å². The molecule has 0 saturated heterocycles. The normalized spacial score (nSPS) is 10.1. The molecule has 4 nitrogen and oxygen atoms in total. The third-order valence-corrected chi connectivity index (χ3v) is 5.93. The number of pyridine rings is 1. The van der Waals surface area contributed by atoms with Crippen molar-refractivity contribution in [2.45, 2.75) is 48.1 Å². The fraction of sp³-hybridized carbons (Fsp3) is 0.393. The van der Waals surface area contributed by atoms with E-state index in [4.69, 9.17) is 0 Å². The molecule has 1 heterocycles. The van der Waals surface area contributed by atoms with Crippen molar-refractivity contribution in [1.82, 2.24) is 9.88 Å². The second-order valence-corrected chi connectivity index (χ2v) is 9.00. The van der Waals surface area contributed by atoms with Gasteiger partial charge in [-0.25, -0.2) is 0 Å². The molecule has 0 unspecified atom stereocenters. The molecular formula is C28H38Cl2FeN4. The Bertz CT molecular complexity index is 935. The monoisotopic (exact) mass is 556 g/mol. The van der Waals surface area contributed by atoms with Crippen LogP contribution in [0.15, 0.2) is 48.7 Å². The van der Waals surface area contributed by atoms with Gasteiger partial charge in [0.05, 0.1) is 5.69 Å². The van der Waals surface area contributed by atoms with Crippen molar-refractivity contribution in [3.63, 3.8) is 0 Å². The van der Waals surface area contributed by atoms with Crippen molar-refractivity contribution in [2.24, 2.45) is 0 Å². The molecule has 3 aromatic rings. The third-order valence-electron chi connectivity index (χ3n) is 5.93. The molecule has 2 aromatic carbocycles. The smallest absolute Gasteiger partial charge is 1.00 e. The Balaban J connectivity index is 0.00000385. The molecule has 0 bridgehead atoms. The SMILES string of the molecule is Cc1cc(C)c(NCCN(CCNc2c(C)cc(C)cc2C)Cc2ccccn2)c(C)c1.[Cl-].[Cl-].[Fe+2]. The van der Waals surface area contributed by atoms with Gasteiger partial charge in [0.2, 0.25) is 0 Å². The number of aryl methyl sites for hydroxylation is 6. The largest absolute Gasteiger partial charge is 2.00 e. The average Bonchev–Trinajstić information content (AvgIpc) is 2.72. The maximum atomic E-state index is 4.54. The Morgan fingerprint density at radius 3 is 1.49 bits per heavy atom. The minimum absolute atomic E-state index is 0. The molecular weight excluding hydrogens is 519 g/mol. The predicted molar refractivity (Wildman–Crippen MR) is 138 cm³/mol. The standard InChI is InChI=1S/C28H38N4.2ClH.Fe/c1-20-15-22(3)27(23(4)16-20)30-11-13-32(19-26-9-7-8-10-29-26)14-12-31-28-24(5)17-21(2)18-25(28)6;;;/h7-10,15-18,30-31H,11-14,19H2,1-6H3;2*1H;/q;;;+2/p-2. The van der Waals surface area contributed by atoms with E-state index in [0.29, 0.717) is 0 Å². The molecule has 0 saturated carbocycles. The number of aromatic nitrogens is 1. The summed E-state index contributed by atoms with van der Waals surface area (Å²) in [6.45, 7) is 17.6. The maximum Gasteiger partial charge on any atom is 2.00 e. The van der Waals surface area contributed by atoms with Gasteiger partial charge in [-0.15, -0.1) is 0 Å². The Morgan fingerprint density at radius 1 is 0.686 bits per heavy atom. The van der Waals surface area contributed by atoms with Gasteiger partial charge in [0.15, 0.2) is 0 Å². The number of hydrogen-bond donors (Lipinski definition) is 2. The van der Waals surface area contributed by atoms with Crippen molar-refractivity contribution in [1.29, 1.82) is 0 Å². The van der Waals surface area contributed by atoms with Gasteiger partial charge >= 0.3 is 17.1 Å². The molecule has 0 aliphatic rings. The molecule has 0 spiro atoms. The van der Waals surface area contributed by atoms with Gasteiger partial charge in [0, 0.05) is 50.3 Å². The van der Waals surface area contributed by atoms with Crippen LogP contribution in [0.25, 0.3) is 0 Å². The van der Waals surface area contributed by atoms with Crippen LogP contribution >= 0.6 is 0 Å². The van der Waals surface area contributed by atoms with Gasteiger partial charge in [-0.1, -0.05) is 41.5 Å².